The molecule has 4 heterocycles. The largest absolute Gasteiger partial charge is 0.497 e. The summed E-state index contributed by atoms with van der Waals surface area (Å²) in [4.78, 5) is 23.8. The molecular formula is C23H27FN6O3. The molecule has 1 saturated heterocycles. The van der Waals surface area contributed by atoms with Crippen LogP contribution in [0.4, 0.5) is 4.39 Å². The fraction of sp³-hybridized carbons (Fsp3) is 0.391. The molecule has 3 aromatic rings. The molecule has 1 fully saturated rings. The Labute approximate surface area is 190 Å². The van der Waals surface area contributed by atoms with E-state index in [1.807, 2.05) is 17.9 Å². The highest BCUT2D eigenvalue weighted by atomic mass is 19.1. The van der Waals surface area contributed by atoms with Gasteiger partial charge < -0.3 is 9.47 Å². The van der Waals surface area contributed by atoms with Gasteiger partial charge in [0.15, 0.2) is 5.65 Å². The zero-order valence-corrected chi connectivity index (χ0v) is 18.8. The van der Waals surface area contributed by atoms with E-state index in [9.17, 15) is 4.79 Å². The lowest BCUT2D eigenvalue weighted by Gasteiger charge is -2.27. The first kappa shape index (κ1) is 22.8. The number of halogens is 1. The highest BCUT2D eigenvalue weighted by molar-refractivity contribution is 5.89. The van der Waals surface area contributed by atoms with E-state index < -0.39 is 11.9 Å². The molecule has 0 saturated carbocycles. The highest BCUT2D eigenvalue weighted by Crippen LogP contribution is 2.24. The van der Waals surface area contributed by atoms with E-state index in [0.29, 0.717) is 59.9 Å². The van der Waals surface area contributed by atoms with Gasteiger partial charge in [-0.1, -0.05) is 12.7 Å². The molecule has 0 N–H and O–H groups in total. The number of aromatic nitrogens is 5. The molecule has 3 aromatic heterocycles. The maximum absolute atomic E-state index is 15.1. The molecule has 0 bridgehead atoms. The summed E-state index contributed by atoms with van der Waals surface area (Å²) >= 11 is 0. The molecule has 0 aliphatic carbocycles. The van der Waals surface area contributed by atoms with E-state index in [1.165, 1.54) is 21.6 Å². The van der Waals surface area contributed by atoms with Crippen LogP contribution >= 0.6 is 0 Å². The molecule has 10 heteroatoms. The third-order valence-corrected chi connectivity index (χ3v) is 5.59. The molecule has 0 radical (unpaired) electrons. The van der Waals surface area contributed by atoms with E-state index in [4.69, 9.17) is 9.47 Å². The molecule has 1 aliphatic rings. The Kier molecular flexibility index (Phi) is 6.95. The van der Waals surface area contributed by atoms with Gasteiger partial charge in [0.2, 0.25) is 0 Å². The lowest BCUT2D eigenvalue weighted by Crippen LogP contribution is -2.38. The van der Waals surface area contributed by atoms with Gasteiger partial charge in [-0.05, 0) is 30.7 Å². The zero-order valence-electron chi connectivity index (χ0n) is 18.8. The van der Waals surface area contributed by atoms with E-state index >= 15 is 4.39 Å². The van der Waals surface area contributed by atoms with Crippen LogP contribution in [0.2, 0.25) is 0 Å². The number of morpholine rings is 1. The average Bonchev–Trinajstić information content (AvgIpc) is 3.33. The van der Waals surface area contributed by atoms with Crippen LogP contribution in [0.25, 0.3) is 16.7 Å². The minimum absolute atomic E-state index is 0.182. The van der Waals surface area contributed by atoms with Crippen molar-refractivity contribution < 1.29 is 13.9 Å². The number of pyridine rings is 1. The van der Waals surface area contributed by atoms with Crippen LogP contribution in [0.3, 0.4) is 0 Å². The predicted molar refractivity (Wildman–Crippen MR) is 123 cm³/mol. The van der Waals surface area contributed by atoms with Crippen molar-refractivity contribution in [2.24, 2.45) is 0 Å². The Hall–Kier alpha value is -3.37. The number of nitrogens with zero attached hydrogens (tertiary/aromatic N) is 6. The minimum Gasteiger partial charge on any atom is -0.497 e. The average molecular weight is 455 g/mol. The molecular weight excluding hydrogens is 427 g/mol. The van der Waals surface area contributed by atoms with Crippen molar-refractivity contribution in [2.75, 3.05) is 40.0 Å². The van der Waals surface area contributed by atoms with Crippen molar-refractivity contribution in [1.82, 2.24) is 29.0 Å². The fourth-order valence-electron chi connectivity index (χ4n) is 3.79. The van der Waals surface area contributed by atoms with Crippen LogP contribution < -0.4 is 5.69 Å². The Bertz CT molecular complexity index is 1270. The van der Waals surface area contributed by atoms with Crippen LogP contribution in [-0.2, 0) is 16.0 Å². The summed E-state index contributed by atoms with van der Waals surface area (Å²) in [6.45, 7) is 8.95. The molecule has 0 spiro atoms. The first-order valence-corrected chi connectivity index (χ1v) is 10.7. The van der Waals surface area contributed by atoms with E-state index in [0.717, 1.165) is 0 Å². The molecule has 0 amide bonds. The summed E-state index contributed by atoms with van der Waals surface area (Å²) < 4.78 is 28.3. The first-order valence-electron chi connectivity index (χ1n) is 10.7. The van der Waals surface area contributed by atoms with Crippen LogP contribution in [-0.4, -0.2) is 69.0 Å². The Morgan fingerprint density at radius 1 is 1.30 bits per heavy atom. The quantitative estimate of drug-likeness (QED) is 0.382. The maximum Gasteiger partial charge on any atom is 0.352 e. The smallest absolute Gasteiger partial charge is 0.352 e. The number of fused-ring (bicyclic) bond motifs is 3. The molecule has 9 nitrogen and oxygen atoms in total. The zero-order chi connectivity index (χ0) is 23.4. The van der Waals surface area contributed by atoms with Gasteiger partial charge in [-0.25, -0.2) is 19.2 Å². The van der Waals surface area contributed by atoms with Gasteiger partial charge >= 0.3 is 5.69 Å². The van der Waals surface area contributed by atoms with Gasteiger partial charge in [-0.3, -0.25) is 9.47 Å². The Balaban J connectivity index is 1.69. The van der Waals surface area contributed by atoms with Gasteiger partial charge in [0.25, 0.3) is 0 Å². The number of alkyl halides is 1. The second-order valence-corrected chi connectivity index (χ2v) is 7.77. The first-order chi connectivity index (χ1) is 16.0. The highest BCUT2D eigenvalue weighted by Gasteiger charge is 2.20. The van der Waals surface area contributed by atoms with Crippen molar-refractivity contribution in [3.8, 4) is 0 Å². The van der Waals surface area contributed by atoms with Gasteiger partial charge in [-0.2, -0.15) is 9.61 Å². The van der Waals surface area contributed by atoms with E-state index in [-0.39, 0.29) is 13.1 Å². The fourth-order valence-corrected chi connectivity index (χ4v) is 3.79. The summed E-state index contributed by atoms with van der Waals surface area (Å²) in [5.74, 6) is 0.678. The Morgan fingerprint density at radius 3 is 2.82 bits per heavy atom. The minimum atomic E-state index is -1.23. The SMILES string of the molecule is C=C(/C=C\C(=C/C)OC)Cn1c(=O)n2ncnc2c2cc(C(F)CN3CCOCC3)cnc21. The lowest BCUT2D eigenvalue weighted by molar-refractivity contribution is 0.0269. The molecule has 174 valence electrons. The number of ether oxygens (including phenoxy) is 2. The van der Waals surface area contributed by atoms with Crippen molar-refractivity contribution in [3.63, 3.8) is 0 Å². The summed E-state index contributed by atoms with van der Waals surface area (Å²) in [5.41, 5.74) is 1.44. The molecule has 1 unspecified atom stereocenters. The second kappa shape index (κ2) is 10.1. The topological polar surface area (TPSA) is 86.8 Å². The second-order valence-electron chi connectivity index (χ2n) is 7.77. The summed E-state index contributed by atoms with van der Waals surface area (Å²) in [6.07, 6.45) is 6.93. The van der Waals surface area contributed by atoms with E-state index in [2.05, 4.69) is 21.6 Å². The monoisotopic (exact) mass is 454 g/mol. The third-order valence-electron chi connectivity index (χ3n) is 5.59. The van der Waals surface area contributed by atoms with Crippen LogP contribution in [0.1, 0.15) is 18.7 Å². The van der Waals surface area contributed by atoms with Crippen molar-refractivity contribution >= 4 is 16.7 Å². The van der Waals surface area contributed by atoms with E-state index in [1.54, 1.807) is 25.3 Å². The van der Waals surface area contributed by atoms with Crippen molar-refractivity contribution in [2.45, 2.75) is 19.6 Å². The van der Waals surface area contributed by atoms with Gasteiger partial charge in [0, 0.05) is 31.4 Å². The number of allylic oxidation sites excluding steroid dienone is 4. The number of methoxy groups -OCH3 is 1. The summed E-state index contributed by atoms with van der Waals surface area (Å²) in [6, 6.07) is 1.70. The Morgan fingerprint density at radius 2 is 2.09 bits per heavy atom. The van der Waals surface area contributed by atoms with Gasteiger partial charge in [0.1, 0.15) is 23.9 Å². The van der Waals surface area contributed by atoms with Crippen LogP contribution in [0.15, 0.2) is 59.5 Å². The molecule has 33 heavy (non-hydrogen) atoms. The lowest BCUT2D eigenvalue weighted by atomic mass is 10.1. The van der Waals surface area contributed by atoms with Crippen LogP contribution in [0.5, 0.6) is 0 Å². The normalized spacial score (nSPS) is 16.6. The number of hydrogen-bond acceptors (Lipinski definition) is 7. The molecule has 4 rings (SSSR count). The third kappa shape index (κ3) is 4.86. The van der Waals surface area contributed by atoms with Gasteiger partial charge in [-0.15, -0.1) is 0 Å². The molecule has 1 aliphatic heterocycles. The maximum atomic E-state index is 15.1. The van der Waals surface area contributed by atoms with Crippen LogP contribution in [0, 0.1) is 0 Å². The number of hydrogen-bond donors (Lipinski definition) is 0. The van der Waals surface area contributed by atoms with Crippen molar-refractivity contribution in [1.29, 1.82) is 0 Å². The standard InChI is InChI=1S/C23H27FN6O3/c1-4-18(32-3)6-5-16(2)13-29-21-19(22-26-15-27-30(22)23(29)31)11-17(12-25-21)20(24)14-28-7-9-33-10-8-28/h4-6,11-12,15,20H,2,7-10,13-14H2,1,3H3/b6-5-,18-4+. The number of rotatable bonds is 8. The van der Waals surface area contributed by atoms with Gasteiger partial charge in [0.05, 0.1) is 32.3 Å². The summed E-state index contributed by atoms with van der Waals surface area (Å²) in [7, 11) is 1.58. The van der Waals surface area contributed by atoms with Crippen molar-refractivity contribution in [3.05, 3.63) is 70.8 Å². The predicted octanol–water partition coefficient (Wildman–Crippen LogP) is 2.44. The molecule has 1 atom stereocenters. The summed E-state index contributed by atoms with van der Waals surface area (Å²) in [5, 5.41) is 4.61. The molecule has 0 aromatic carbocycles.